The minimum Gasteiger partial charge on any atom is -0.351 e. The Bertz CT molecular complexity index is 199. The van der Waals surface area contributed by atoms with Gasteiger partial charge in [-0.15, -0.1) is 0 Å². The van der Waals surface area contributed by atoms with E-state index in [4.69, 9.17) is 0 Å². The number of amides is 1. The van der Waals surface area contributed by atoms with Crippen molar-refractivity contribution in [1.29, 1.82) is 0 Å². The lowest BCUT2D eigenvalue weighted by atomic mass is 10.2. The monoisotopic (exact) mass is 168 g/mol. The van der Waals surface area contributed by atoms with Crippen LogP contribution in [0.15, 0.2) is 12.2 Å². The summed E-state index contributed by atoms with van der Waals surface area (Å²) in [6.07, 6.45) is 0. The zero-order valence-corrected chi connectivity index (χ0v) is 7.76. The van der Waals surface area contributed by atoms with E-state index in [0.717, 1.165) is 18.7 Å². The van der Waals surface area contributed by atoms with Crippen LogP contribution in [0.2, 0.25) is 0 Å². The van der Waals surface area contributed by atoms with Gasteiger partial charge in [-0.3, -0.25) is 9.69 Å². The van der Waals surface area contributed by atoms with Crippen LogP contribution in [0.25, 0.3) is 0 Å². The zero-order chi connectivity index (χ0) is 9.14. The Morgan fingerprint density at radius 2 is 2.50 bits per heavy atom. The summed E-state index contributed by atoms with van der Waals surface area (Å²) in [5, 5.41) is 2.87. The lowest BCUT2D eigenvalue weighted by Crippen LogP contribution is -2.53. The molecule has 0 aromatic rings. The number of piperazine rings is 1. The van der Waals surface area contributed by atoms with Gasteiger partial charge >= 0.3 is 0 Å². The summed E-state index contributed by atoms with van der Waals surface area (Å²) < 4.78 is 0. The maximum absolute atomic E-state index is 11.1. The molecule has 0 spiro atoms. The summed E-state index contributed by atoms with van der Waals surface area (Å²) in [7, 11) is 0. The molecule has 1 aliphatic heterocycles. The van der Waals surface area contributed by atoms with Gasteiger partial charge in [-0.2, -0.15) is 0 Å². The second-order valence-electron chi connectivity index (χ2n) is 3.60. The van der Waals surface area contributed by atoms with Gasteiger partial charge in [-0.1, -0.05) is 12.2 Å². The molecule has 0 saturated carbocycles. The molecular weight excluding hydrogens is 152 g/mol. The van der Waals surface area contributed by atoms with Crippen molar-refractivity contribution in [2.24, 2.45) is 0 Å². The number of hydrogen-bond donors (Lipinski definition) is 1. The molecule has 1 rings (SSSR count). The van der Waals surface area contributed by atoms with Gasteiger partial charge < -0.3 is 5.32 Å². The van der Waals surface area contributed by atoms with Crippen molar-refractivity contribution in [3.63, 3.8) is 0 Å². The fourth-order valence-electron chi connectivity index (χ4n) is 1.52. The van der Waals surface area contributed by atoms with Crippen molar-refractivity contribution in [3.8, 4) is 0 Å². The molecule has 1 atom stereocenters. The van der Waals surface area contributed by atoms with Crippen LogP contribution in [0.3, 0.4) is 0 Å². The van der Waals surface area contributed by atoms with Gasteiger partial charge in [0.25, 0.3) is 0 Å². The number of carbonyl (C=O) groups excluding carboxylic acids is 1. The smallest absolute Gasteiger partial charge is 0.234 e. The molecule has 1 heterocycles. The van der Waals surface area contributed by atoms with Gasteiger partial charge in [-0.05, 0) is 13.8 Å². The molecule has 0 unspecified atom stereocenters. The Morgan fingerprint density at radius 3 is 3.00 bits per heavy atom. The molecule has 1 saturated heterocycles. The van der Waals surface area contributed by atoms with E-state index in [1.807, 2.05) is 13.8 Å². The highest BCUT2D eigenvalue weighted by atomic mass is 16.2. The minimum absolute atomic E-state index is 0.120. The van der Waals surface area contributed by atoms with Gasteiger partial charge in [0.05, 0.1) is 6.54 Å². The highest BCUT2D eigenvalue weighted by Crippen LogP contribution is 2.02. The maximum Gasteiger partial charge on any atom is 0.234 e. The van der Waals surface area contributed by atoms with Gasteiger partial charge in [0.1, 0.15) is 0 Å². The normalized spacial score (nSPS) is 25.2. The molecule has 0 bridgehead atoms. The van der Waals surface area contributed by atoms with Crippen LogP contribution in [-0.4, -0.2) is 36.5 Å². The van der Waals surface area contributed by atoms with E-state index in [-0.39, 0.29) is 11.9 Å². The molecule has 0 aromatic carbocycles. The maximum atomic E-state index is 11.1. The molecule has 0 radical (unpaired) electrons. The molecule has 1 aliphatic rings. The van der Waals surface area contributed by atoms with E-state index in [1.54, 1.807) is 0 Å². The van der Waals surface area contributed by atoms with Crippen molar-refractivity contribution >= 4 is 5.91 Å². The second-order valence-corrected chi connectivity index (χ2v) is 3.60. The van der Waals surface area contributed by atoms with Crippen molar-refractivity contribution in [1.82, 2.24) is 10.2 Å². The van der Waals surface area contributed by atoms with Crippen molar-refractivity contribution in [3.05, 3.63) is 12.2 Å². The van der Waals surface area contributed by atoms with Crippen molar-refractivity contribution in [2.75, 3.05) is 19.6 Å². The summed E-state index contributed by atoms with van der Waals surface area (Å²) >= 11 is 0. The van der Waals surface area contributed by atoms with Gasteiger partial charge in [0.15, 0.2) is 0 Å². The predicted molar refractivity (Wildman–Crippen MR) is 48.9 cm³/mol. The third kappa shape index (κ3) is 2.66. The molecule has 1 fully saturated rings. The summed E-state index contributed by atoms with van der Waals surface area (Å²) in [4.78, 5) is 13.2. The summed E-state index contributed by atoms with van der Waals surface area (Å²) in [5.74, 6) is 0.120. The Hall–Kier alpha value is -0.830. The van der Waals surface area contributed by atoms with Crippen LogP contribution in [-0.2, 0) is 4.79 Å². The predicted octanol–water partition coefficient (Wildman–Crippen LogP) is 0.383. The number of rotatable bonds is 2. The average Bonchev–Trinajstić information content (AvgIpc) is 1.81. The number of nitrogens with zero attached hydrogens (tertiary/aromatic N) is 1. The van der Waals surface area contributed by atoms with Gasteiger partial charge in [-0.25, -0.2) is 0 Å². The average molecular weight is 168 g/mol. The molecule has 12 heavy (non-hydrogen) atoms. The molecule has 68 valence electrons. The van der Waals surface area contributed by atoms with Crippen LogP contribution >= 0.6 is 0 Å². The standard InChI is InChI=1S/C9H16N2O/c1-7(2)4-11-5-8(3)10-9(12)6-11/h8H,1,4-6H2,2-3H3,(H,10,12)/t8-/m0/s1. The molecule has 1 amide bonds. The van der Waals surface area contributed by atoms with Crippen LogP contribution in [0.4, 0.5) is 0 Å². The first-order chi connectivity index (χ1) is 5.58. The third-order valence-corrected chi connectivity index (χ3v) is 1.80. The fourth-order valence-corrected chi connectivity index (χ4v) is 1.52. The fraction of sp³-hybridized carbons (Fsp3) is 0.667. The Labute approximate surface area is 73.4 Å². The first-order valence-electron chi connectivity index (χ1n) is 4.24. The van der Waals surface area contributed by atoms with Crippen LogP contribution < -0.4 is 5.32 Å². The Kier molecular flexibility index (Phi) is 2.87. The molecule has 0 aromatic heterocycles. The van der Waals surface area contributed by atoms with E-state index in [9.17, 15) is 4.79 Å². The Balaban J connectivity index is 2.44. The summed E-state index contributed by atoms with van der Waals surface area (Å²) in [5.41, 5.74) is 1.11. The van der Waals surface area contributed by atoms with Gasteiger partial charge in [0, 0.05) is 19.1 Å². The van der Waals surface area contributed by atoms with E-state index in [1.165, 1.54) is 0 Å². The SMILES string of the molecule is C=C(C)CN1CC(=O)N[C@@H](C)C1. The zero-order valence-electron chi connectivity index (χ0n) is 7.76. The van der Waals surface area contributed by atoms with E-state index < -0.39 is 0 Å². The quantitative estimate of drug-likeness (QED) is 0.605. The molecular formula is C9H16N2O. The van der Waals surface area contributed by atoms with Crippen molar-refractivity contribution < 1.29 is 4.79 Å². The van der Waals surface area contributed by atoms with Crippen LogP contribution in [0.5, 0.6) is 0 Å². The van der Waals surface area contributed by atoms with E-state index >= 15 is 0 Å². The minimum atomic E-state index is 0.120. The second kappa shape index (κ2) is 3.72. The highest BCUT2D eigenvalue weighted by molar-refractivity contribution is 5.79. The first kappa shape index (κ1) is 9.26. The lowest BCUT2D eigenvalue weighted by molar-refractivity contribution is -0.125. The summed E-state index contributed by atoms with van der Waals surface area (Å²) in [6.45, 7) is 10.1. The van der Waals surface area contributed by atoms with Crippen molar-refractivity contribution in [2.45, 2.75) is 19.9 Å². The third-order valence-electron chi connectivity index (χ3n) is 1.80. The van der Waals surface area contributed by atoms with E-state index in [2.05, 4.69) is 16.8 Å². The topological polar surface area (TPSA) is 32.3 Å². The van der Waals surface area contributed by atoms with Gasteiger partial charge in [0.2, 0.25) is 5.91 Å². The van der Waals surface area contributed by atoms with Crippen LogP contribution in [0, 0.1) is 0 Å². The number of hydrogen-bond acceptors (Lipinski definition) is 2. The van der Waals surface area contributed by atoms with E-state index in [0.29, 0.717) is 6.54 Å². The summed E-state index contributed by atoms with van der Waals surface area (Å²) in [6, 6.07) is 0.269. The largest absolute Gasteiger partial charge is 0.351 e. The lowest BCUT2D eigenvalue weighted by Gasteiger charge is -2.31. The first-order valence-corrected chi connectivity index (χ1v) is 4.24. The Morgan fingerprint density at radius 1 is 1.83 bits per heavy atom. The van der Waals surface area contributed by atoms with Crippen LogP contribution in [0.1, 0.15) is 13.8 Å². The molecule has 1 N–H and O–H groups in total. The number of nitrogens with one attached hydrogen (secondary N) is 1. The number of carbonyl (C=O) groups is 1. The molecule has 3 nitrogen and oxygen atoms in total. The highest BCUT2D eigenvalue weighted by Gasteiger charge is 2.20. The molecule has 3 heteroatoms. The molecule has 0 aliphatic carbocycles.